The van der Waals surface area contributed by atoms with E-state index in [1.165, 1.54) is 7.11 Å². The number of fused-ring (bicyclic) bond motifs is 5. The van der Waals surface area contributed by atoms with Gasteiger partial charge in [0.05, 0.1) is 24.0 Å². The van der Waals surface area contributed by atoms with Crippen LogP contribution in [0.2, 0.25) is 0 Å². The number of rotatable bonds is 4. The number of halogens is 1. The summed E-state index contributed by atoms with van der Waals surface area (Å²) in [6, 6.07) is 12.3. The molecule has 0 amide bonds. The van der Waals surface area contributed by atoms with Gasteiger partial charge in [-0.15, -0.1) is 11.6 Å². The number of alkyl halides is 1. The van der Waals surface area contributed by atoms with Crippen LogP contribution in [0.4, 0.5) is 0 Å². The van der Waals surface area contributed by atoms with Gasteiger partial charge < -0.3 is 9.30 Å². The van der Waals surface area contributed by atoms with Crippen molar-refractivity contribution in [2.45, 2.75) is 49.9 Å². The Balaban J connectivity index is 2.00. The number of esters is 1. The molecule has 0 unspecified atom stereocenters. The summed E-state index contributed by atoms with van der Waals surface area (Å²) >= 11 is 6.43. The Kier molecular flexibility index (Phi) is 4.76. The van der Waals surface area contributed by atoms with Gasteiger partial charge in [-0.05, 0) is 37.8 Å². The van der Waals surface area contributed by atoms with Gasteiger partial charge in [0.25, 0.3) is 0 Å². The van der Waals surface area contributed by atoms with E-state index in [0.29, 0.717) is 12.1 Å². The maximum Gasteiger partial charge on any atom is 0.323 e. The number of hydrogen-bond acceptors (Lipinski definition) is 4. The van der Waals surface area contributed by atoms with Crippen molar-refractivity contribution in [1.29, 1.82) is 5.26 Å². The molecule has 5 nitrogen and oxygen atoms in total. The highest BCUT2D eigenvalue weighted by Crippen LogP contribution is 2.48. The zero-order chi connectivity index (χ0) is 19.9. The third-order valence-corrected chi connectivity index (χ3v) is 6.44. The van der Waals surface area contributed by atoms with E-state index < -0.39 is 11.3 Å². The number of hydrogen-bond donors (Lipinski definition) is 0. The number of nitrogens with zero attached hydrogens (tertiary/aromatic N) is 3. The van der Waals surface area contributed by atoms with Crippen molar-refractivity contribution < 1.29 is 9.53 Å². The molecule has 28 heavy (non-hydrogen) atoms. The largest absolute Gasteiger partial charge is 0.468 e. The predicted octanol–water partition coefficient (Wildman–Crippen LogP) is 4.62. The van der Waals surface area contributed by atoms with Gasteiger partial charge in [-0.2, -0.15) is 5.26 Å². The first-order chi connectivity index (χ1) is 13.5. The van der Waals surface area contributed by atoms with Gasteiger partial charge in [0, 0.05) is 22.9 Å². The fourth-order valence-electron chi connectivity index (χ4n) is 4.69. The quantitative estimate of drug-likeness (QED) is 0.477. The van der Waals surface area contributed by atoms with Gasteiger partial charge in [0.1, 0.15) is 17.1 Å². The Morgan fingerprint density at radius 1 is 1.46 bits per heavy atom. The molecular weight excluding hydrogens is 374 g/mol. The molecule has 0 N–H and O–H groups in total. The second-order valence-electron chi connectivity index (χ2n) is 7.47. The van der Waals surface area contributed by atoms with Gasteiger partial charge in [-0.25, -0.2) is 4.98 Å². The topological polar surface area (TPSA) is 67.9 Å². The lowest BCUT2D eigenvalue weighted by molar-refractivity contribution is -0.140. The molecule has 3 aliphatic heterocycles. The Hall–Kier alpha value is -2.58. The van der Waals surface area contributed by atoms with Crippen molar-refractivity contribution in [3.63, 3.8) is 0 Å². The second kappa shape index (κ2) is 7.10. The molecule has 0 saturated heterocycles. The van der Waals surface area contributed by atoms with Crippen molar-refractivity contribution in [3.05, 3.63) is 41.7 Å². The molecule has 3 heterocycles. The lowest BCUT2D eigenvalue weighted by atomic mass is 9.70. The summed E-state index contributed by atoms with van der Waals surface area (Å²) < 4.78 is 6.95. The third kappa shape index (κ3) is 2.75. The molecule has 0 radical (unpaired) electrons. The molecule has 4 rings (SSSR count). The van der Waals surface area contributed by atoms with Gasteiger partial charge in [0.15, 0.2) is 0 Å². The van der Waals surface area contributed by atoms with Crippen LogP contribution in [0.3, 0.4) is 0 Å². The maximum atomic E-state index is 12.1. The van der Waals surface area contributed by atoms with Gasteiger partial charge >= 0.3 is 5.97 Å². The van der Waals surface area contributed by atoms with Crippen LogP contribution < -0.4 is 0 Å². The highest BCUT2D eigenvalue weighted by molar-refractivity contribution is 6.29. The van der Waals surface area contributed by atoms with E-state index in [9.17, 15) is 10.1 Å². The normalized spacial score (nSPS) is 19.9. The summed E-state index contributed by atoms with van der Waals surface area (Å²) in [7, 11) is 1.36. The summed E-state index contributed by atoms with van der Waals surface area (Å²) in [4.78, 5) is 17.0. The predicted molar refractivity (Wildman–Crippen MR) is 109 cm³/mol. The van der Waals surface area contributed by atoms with Crippen LogP contribution in [0.25, 0.3) is 22.2 Å². The summed E-state index contributed by atoms with van der Waals surface area (Å²) in [5.41, 5.74) is 4.14. The standard InChI is InChI=1S/C22H22ClN3O2/c1-3-22(12-17(23)21(27)28-2)9-6-10-26-14(13-24)11-16-15-7-4-5-8-18(15)25-19(16)20(22)26/h4-5,7-8,11,17H,3,6,9-10,12H2,1-2H3/t17-,22+/m1/s1. The van der Waals surface area contributed by atoms with Crippen LogP contribution in [0.15, 0.2) is 30.3 Å². The van der Waals surface area contributed by atoms with Crippen molar-refractivity contribution in [2.24, 2.45) is 0 Å². The van der Waals surface area contributed by atoms with Gasteiger partial charge in [0.2, 0.25) is 0 Å². The van der Waals surface area contributed by atoms with Crippen molar-refractivity contribution >= 4 is 28.5 Å². The summed E-state index contributed by atoms with van der Waals surface area (Å²) in [5, 5.41) is 10.1. The average Bonchev–Trinajstić information content (AvgIpc) is 3.10. The van der Waals surface area contributed by atoms with Crippen LogP contribution in [-0.4, -0.2) is 28.0 Å². The molecule has 2 atom stereocenters. The smallest absolute Gasteiger partial charge is 0.323 e. The number of carbonyl (C=O) groups is 1. The van der Waals surface area contributed by atoms with Crippen LogP contribution >= 0.6 is 11.6 Å². The van der Waals surface area contributed by atoms with Crippen LogP contribution in [0, 0.1) is 11.3 Å². The van der Waals surface area contributed by atoms with E-state index in [1.54, 1.807) is 0 Å². The number of pyridine rings is 1. The van der Waals surface area contributed by atoms with Gasteiger partial charge in [-0.1, -0.05) is 25.1 Å². The number of benzene rings is 1. The number of carbonyl (C=O) groups excluding carboxylic acids is 1. The molecule has 0 bridgehead atoms. The first-order valence-electron chi connectivity index (χ1n) is 9.59. The molecule has 0 aromatic heterocycles. The van der Waals surface area contributed by atoms with Crippen molar-refractivity contribution in [1.82, 2.24) is 9.55 Å². The monoisotopic (exact) mass is 395 g/mol. The summed E-state index contributed by atoms with van der Waals surface area (Å²) in [5.74, 6) is -0.417. The maximum absolute atomic E-state index is 12.1. The average molecular weight is 396 g/mol. The van der Waals surface area contributed by atoms with Crippen molar-refractivity contribution in [3.8, 4) is 17.3 Å². The van der Waals surface area contributed by atoms with E-state index in [2.05, 4.69) is 17.6 Å². The molecular formula is C22H22ClN3O2. The minimum Gasteiger partial charge on any atom is -0.468 e. The Morgan fingerprint density at radius 2 is 2.25 bits per heavy atom. The van der Waals surface area contributed by atoms with Crippen LogP contribution in [0.1, 0.15) is 44.0 Å². The molecule has 0 aliphatic carbocycles. The molecule has 1 aromatic rings. The van der Waals surface area contributed by atoms with E-state index in [1.807, 2.05) is 30.3 Å². The molecule has 1 aromatic carbocycles. The first-order valence-corrected chi connectivity index (χ1v) is 10.0. The van der Waals surface area contributed by atoms with Crippen LogP contribution in [0.5, 0.6) is 0 Å². The molecule has 0 fully saturated rings. The van der Waals surface area contributed by atoms with Gasteiger partial charge in [-0.3, -0.25) is 4.79 Å². The van der Waals surface area contributed by atoms with Crippen molar-refractivity contribution in [2.75, 3.05) is 7.11 Å². The minimum atomic E-state index is -0.735. The fraction of sp³-hybridized carbons (Fsp3) is 0.409. The zero-order valence-electron chi connectivity index (χ0n) is 16.0. The minimum absolute atomic E-state index is 0.332. The lowest BCUT2D eigenvalue weighted by Crippen LogP contribution is -2.39. The van der Waals surface area contributed by atoms with E-state index in [4.69, 9.17) is 21.3 Å². The Bertz CT molecular complexity index is 1070. The Labute approximate surface area is 169 Å². The highest BCUT2D eigenvalue weighted by atomic mass is 35.5. The number of nitriles is 1. The first kappa shape index (κ1) is 18.8. The van der Waals surface area contributed by atoms with E-state index in [0.717, 1.165) is 53.7 Å². The second-order valence-corrected chi connectivity index (χ2v) is 7.99. The Morgan fingerprint density at radius 3 is 2.96 bits per heavy atom. The fourth-order valence-corrected chi connectivity index (χ4v) is 5.08. The molecule has 0 spiro atoms. The number of ether oxygens (including phenoxy) is 1. The molecule has 0 saturated carbocycles. The van der Waals surface area contributed by atoms with E-state index >= 15 is 0 Å². The summed E-state index contributed by atoms with van der Waals surface area (Å²) in [6.07, 6.45) is 3.10. The third-order valence-electron chi connectivity index (χ3n) is 6.11. The number of methoxy groups -OCH3 is 1. The highest BCUT2D eigenvalue weighted by Gasteiger charge is 2.42. The molecule has 144 valence electrons. The number of para-hydroxylation sites is 1. The zero-order valence-corrected chi connectivity index (χ0v) is 16.8. The molecule has 3 aliphatic rings. The molecule has 6 heteroatoms. The van der Waals surface area contributed by atoms with Crippen LogP contribution in [-0.2, 0) is 21.5 Å². The number of aromatic nitrogens is 2. The van der Waals surface area contributed by atoms with E-state index in [-0.39, 0.29) is 5.41 Å². The SMILES string of the molecule is CC[C@@]1(C[C@@H](Cl)C(=O)OC)CCCn2c(C#N)cc3c4ccccc4nc-3c21. The lowest BCUT2D eigenvalue weighted by Gasteiger charge is -2.41. The summed E-state index contributed by atoms with van der Waals surface area (Å²) in [6.45, 7) is 2.88.